The van der Waals surface area contributed by atoms with Crippen molar-refractivity contribution in [2.45, 2.75) is 19.4 Å². The summed E-state index contributed by atoms with van der Waals surface area (Å²) in [6.45, 7) is 1.23. The Balaban J connectivity index is 1.68. The normalized spacial score (nSPS) is 19.4. The predicted molar refractivity (Wildman–Crippen MR) is 77.5 cm³/mol. The first kappa shape index (κ1) is 13.4. The van der Waals surface area contributed by atoms with Crippen molar-refractivity contribution in [2.75, 3.05) is 23.9 Å². The molecule has 1 fully saturated rings. The van der Waals surface area contributed by atoms with Crippen LogP contribution in [0.1, 0.15) is 28.8 Å². The lowest BCUT2D eigenvalue weighted by molar-refractivity contribution is 0.0966. The van der Waals surface area contributed by atoms with E-state index < -0.39 is 9.84 Å². The lowest BCUT2D eigenvalue weighted by Crippen LogP contribution is -2.24. The molecule has 0 aromatic heterocycles. The number of hydrogen-bond acceptors (Lipinski definition) is 4. The van der Waals surface area contributed by atoms with E-state index in [4.69, 9.17) is 0 Å². The Morgan fingerprint density at radius 3 is 2.75 bits per heavy atom. The Labute approximate surface area is 118 Å². The van der Waals surface area contributed by atoms with Crippen LogP contribution in [0, 0.1) is 5.41 Å². The van der Waals surface area contributed by atoms with Crippen LogP contribution in [-0.2, 0) is 16.4 Å². The van der Waals surface area contributed by atoms with Crippen LogP contribution in [0.4, 0.5) is 5.69 Å². The number of benzene rings is 1. The Kier molecular flexibility index (Phi) is 3.01. The third kappa shape index (κ3) is 2.80. The molecule has 1 aliphatic heterocycles. The summed E-state index contributed by atoms with van der Waals surface area (Å²) in [5.74, 6) is 0.194. The first-order valence-electron chi connectivity index (χ1n) is 6.70. The molecule has 0 unspecified atom stereocenters. The van der Waals surface area contributed by atoms with Crippen molar-refractivity contribution in [1.29, 1.82) is 0 Å². The van der Waals surface area contributed by atoms with Gasteiger partial charge in [-0.3, -0.25) is 4.79 Å². The second kappa shape index (κ2) is 4.48. The van der Waals surface area contributed by atoms with E-state index in [-0.39, 0.29) is 17.1 Å². The van der Waals surface area contributed by atoms with Gasteiger partial charge in [-0.15, -0.1) is 0 Å². The molecule has 0 saturated heterocycles. The zero-order valence-corrected chi connectivity index (χ0v) is 12.2. The SMILES string of the molecule is CS(=O)(=O)CC1(CNc2ccc3c(c2)C(=O)NC3)CC1. The molecule has 2 aliphatic rings. The van der Waals surface area contributed by atoms with Crippen LogP contribution in [0.2, 0.25) is 0 Å². The standard InChI is InChI=1S/C14H18N2O3S/c1-20(18,19)9-14(4-5-14)8-16-11-3-2-10-7-15-13(17)12(10)6-11/h2-3,6,16H,4-5,7-9H2,1H3,(H,15,17). The van der Waals surface area contributed by atoms with Crippen LogP contribution in [0.3, 0.4) is 0 Å². The summed E-state index contributed by atoms with van der Waals surface area (Å²) in [4.78, 5) is 11.6. The van der Waals surface area contributed by atoms with Gasteiger partial charge in [0, 0.05) is 36.0 Å². The van der Waals surface area contributed by atoms with E-state index in [1.54, 1.807) is 0 Å². The molecular weight excluding hydrogens is 276 g/mol. The van der Waals surface area contributed by atoms with Crippen LogP contribution >= 0.6 is 0 Å². The average molecular weight is 294 g/mol. The van der Waals surface area contributed by atoms with E-state index in [1.165, 1.54) is 6.26 Å². The minimum atomic E-state index is -2.95. The number of fused-ring (bicyclic) bond motifs is 1. The number of amides is 1. The third-order valence-electron chi connectivity index (χ3n) is 3.99. The van der Waals surface area contributed by atoms with Crippen molar-refractivity contribution in [3.8, 4) is 0 Å². The van der Waals surface area contributed by atoms with Crippen LogP contribution in [0.25, 0.3) is 0 Å². The van der Waals surface area contributed by atoms with Crippen molar-refractivity contribution in [1.82, 2.24) is 5.32 Å². The number of rotatable bonds is 5. The van der Waals surface area contributed by atoms with E-state index in [1.807, 2.05) is 18.2 Å². The fourth-order valence-corrected chi connectivity index (χ4v) is 4.22. The number of anilines is 1. The smallest absolute Gasteiger partial charge is 0.251 e. The fraction of sp³-hybridized carbons (Fsp3) is 0.500. The molecular formula is C14H18N2O3S. The maximum Gasteiger partial charge on any atom is 0.251 e. The molecule has 5 nitrogen and oxygen atoms in total. The van der Waals surface area contributed by atoms with Gasteiger partial charge in [0.05, 0.1) is 5.75 Å². The van der Waals surface area contributed by atoms with E-state index in [0.717, 1.165) is 24.1 Å². The number of carbonyl (C=O) groups is 1. The minimum Gasteiger partial charge on any atom is -0.384 e. The van der Waals surface area contributed by atoms with Crippen molar-refractivity contribution in [2.24, 2.45) is 5.41 Å². The van der Waals surface area contributed by atoms with Gasteiger partial charge in [-0.2, -0.15) is 0 Å². The summed E-state index contributed by atoms with van der Waals surface area (Å²) in [6, 6.07) is 5.72. The Morgan fingerprint density at radius 1 is 1.35 bits per heavy atom. The van der Waals surface area contributed by atoms with E-state index >= 15 is 0 Å². The van der Waals surface area contributed by atoms with Gasteiger partial charge in [0.1, 0.15) is 9.84 Å². The summed E-state index contributed by atoms with van der Waals surface area (Å²) in [7, 11) is -2.95. The topological polar surface area (TPSA) is 75.3 Å². The molecule has 1 aromatic carbocycles. The van der Waals surface area contributed by atoms with Gasteiger partial charge in [0.25, 0.3) is 5.91 Å². The highest BCUT2D eigenvalue weighted by Crippen LogP contribution is 2.46. The Bertz CT molecular complexity index is 663. The van der Waals surface area contributed by atoms with E-state index in [0.29, 0.717) is 18.7 Å². The number of nitrogens with one attached hydrogen (secondary N) is 2. The maximum absolute atomic E-state index is 11.6. The van der Waals surface area contributed by atoms with Gasteiger partial charge in [-0.25, -0.2) is 8.42 Å². The zero-order chi connectivity index (χ0) is 14.4. The van der Waals surface area contributed by atoms with Gasteiger partial charge < -0.3 is 10.6 Å². The molecule has 108 valence electrons. The van der Waals surface area contributed by atoms with Gasteiger partial charge >= 0.3 is 0 Å². The van der Waals surface area contributed by atoms with Crippen molar-refractivity contribution in [3.05, 3.63) is 29.3 Å². The molecule has 0 radical (unpaired) electrons. The van der Waals surface area contributed by atoms with E-state index in [9.17, 15) is 13.2 Å². The monoisotopic (exact) mass is 294 g/mol. The molecule has 0 bridgehead atoms. The number of hydrogen-bond donors (Lipinski definition) is 2. The molecule has 1 saturated carbocycles. The lowest BCUT2D eigenvalue weighted by Gasteiger charge is -2.16. The van der Waals surface area contributed by atoms with Gasteiger partial charge in [0.2, 0.25) is 0 Å². The van der Waals surface area contributed by atoms with Crippen LogP contribution < -0.4 is 10.6 Å². The van der Waals surface area contributed by atoms with Crippen LogP contribution in [-0.4, -0.2) is 32.9 Å². The Morgan fingerprint density at radius 2 is 2.10 bits per heavy atom. The average Bonchev–Trinajstić information content (AvgIpc) is 3.02. The third-order valence-corrected chi connectivity index (χ3v) is 5.12. The molecule has 6 heteroatoms. The number of carbonyl (C=O) groups excluding carboxylic acids is 1. The van der Waals surface area contributed by atoms with Crippen molar-refractivity contribution in [3.63, 3.8) is 0 Å². The quantitative estimate of drug-likeness (QED) is 0.854. The molecule has 2 N–H and O–H groups in total. The molecule has 20 heavy (non-hydrogen) atoms. The highest BCUT2D eigenvalue weighted by atomic mass is 32.2. The highest BCUT2D eigenvalue weighted by Gasteiger charge is 2.44. The van der Waals surface area contributed by atoms with Crippen molar-refractivity contribution >= 4 is 21.4 Å². The summed E-state index contributed by atoms with van der Waals surface area (Å²) in [5, 5.41) is 6.06. The summed E-state index contributed by atoms with van der Waals surface area (Å²) in [5.41, 5.74) is 2.48. The Hall–Kier alpha value is -1.56. The lowest BCUT2D eigenvalue weighted by atomic mass is 10.1. The second-order valence-electron chi connectivity index (χ2n) is 5.98. The zero-order valence-electron chi connectivity index (χ0n) is 11.4. The van der Waals surface area contributed by atoms with Gasteiger partial charge in [-0.05, 0) is 30.5 Å². The number of sulfone groups is 1. The molecule has 1 aliphatic carbocycles. The molecule has 1 amide bonds. The largest absolute Gasteiger partial charge is 0.384 e. The fourth-order valence-electron chi connectivity index (χ4n) is 2.72. The molecule has 0 spiro atoms. The minimum absolute atomic E-state index is 0.0408. The van der Waals surface area contributed by atoms with Gasteiger partial charge in [0.15, 0.2) is 0 Å². The summed E-state index contributed by atoms with van der Waals surface area (Å²) >= 11 is 0. The molecule has 1 heterocycles. The summed E-state index contributed by atoms with van der Waals surface area (Å²) in [6.07, 6.45) is 3.17. The second-order valence-corrected chi connectivity index (χ2v) is 8.12. The predicted octanol–water partition coefficient (Wildman–Crippen LogP) is 1.17. The van der Waals surface area contributed by atoms with Crippen LogP contribution in [0.5, 0.6) is 0 Å². The first-order chi connectivity index (χ1) is 9.37. The van der Waals surface area contributed by atoms with Crippen molar-refractivity contribution < 1.29 is 13.2 Å². The molecule has 0 atom stereocenters. The van der Waals surface area contributed by atoms with E-state index in [2.05, 4.69) is 10.6 Å². The first-order valence-corrected chi connectivity index (χ1v) is 8.76. The molecule has 3 rings (SSSR count). The molecule has 1 aromatic rings. The highest BCUT2D eigenvalue weighted by molar-refractivity contribution is 7.90. The summed E-state index contributed by atoms with van der Waals surface area (Å²) < 4.78 is 22.8. The maximum atomic E-state index is 11.6. The van der Waals surface area contributed by atoms with Crippen LogP contribution in [0.15, 0.2) is 18.2 Å². The van der Waals surface area contributed by atoms with Gasteiger partial charge in [-0.1, -0.05) is 6.07 Å².